The molecule has 0 bridgehead atoms. The van der Waals surface area contributed by atoms with Gasteiger partial charge in [-0.05, 0) is 33.6 Å². The lowest BCUT2D eigenvalue weighted by Gasteiger charge is -2.31. The van der Waals surface area contributed by atoms with Crippen molar-refractivity contribution in [1.82, 2.24) is 14.9 Å². The largest absolute Gasteiger partial charge is 0.466 e. The number of likely N-dealkylation sites (tertiary alicyclic amines) is 1. The minimum atomic E-state index is -0.232. The molecule has 27 heavy (non-hydrogen) atoms. The Morgan fingerprint density at radius 3 is 2.74 bits per heavy atom. The van der Waals surface area contributed by atoms with Crippen molar-refractivity contribution in [2.45, 2.75) is 38.8 Å². The molecule has 1 aliphatic heterocycles. The summed E-state index contributed by atoms with van der Waals surface area (Å²) in [6, 6.07) is 1.73. The van der Waals surface area contributed by atoms with Crippen LogP contribution in [0.5, 0.6) is 0 Å². The van der Waals surface area contributed by atoms with Gasteiger partial charge in [-0.3, -0.25) is 9.59 Å². The molecule has 1 unspecified atom stereocenters. The van der Waals surface area contributed by atoms with Gasteiger partial charge < -0.3 is 14.5 Å². The lowest BCUT2D eigenvalue weighted by Crippen LogP contribution is -2.43. The van der Waals surface area contributed by atoms with E-state index >= 15 is 0 Å². The lowest BCUT2D eigenvalue weighted by atomic mass is 9.98. The van der Waals surface area contributed by atoms with Crippen molar-refractivity contribution >= 4 is 41.1 Å². The standard InChI is InChI=1S/C18H27ClN4O3S/c1-4-22(5-2)15-10-14(19)20-18(21-15)27-12-16(24)23-9-7-8-13(11-23)17(25)26-6-3/h10,13H,4-9,11-12H2,1-3H3. The first-order valence-electron chi connectivity index (χ1n) is 9.35. The van der Waals surface area contributed by atoms with Gasteiger partial charge in [-0.1, -0.05) is 23.4 Å². The zero-order valence-corrected chi connectivity index (χ0v) is 17.7. The van der Waals surface area contributed by atoms with Crippen LogP contribution in [-0.2, 0) is 14.3 Å². The molecule has 0 N–H and O–H groups in total. The molecule has 2 rings (SSSR count). The first kappa shape index (κ1) is 21.8. The number of anilines is 1. The topological polar surface area (TPSA) is 75.6 Å². The van der Waals surface area contributed by atoms with Crippen LogP contribution < -0.4 is 4.90 Å². The van der Waals surface area contributed by atoms with Crippen molar-refractivity contribution < 1.29 is 14.3 Å². The molecule has 1 amide bonds. The number of hydrogen-bond donors (Lipinski definition) is 0. The molecule has 1 aromatic rings. The van der Waals surface area contributed by atoms with Gasteiger partial charge in [0.15, 0.2) is 5.16 Å². The first-order valence-corrected chi connectivity index (χ1v) is 10.7. The summed E-state index contributed by atoms with van der Waals surface area (Å²) in [5.41, 5.74) is 0. The Labute approximate surface area is 169 Å². The maximum atomic E-state index is 12.6. The second-order valence-electron chi connectivity index (χ2n) is 6.22. The first-order chi connectivity index (χ1) is 13.0. The Morgan fingerprint density at radius 1 is 1.33 bits per heavy atom. The maximum Gasteiger partial charge on any atom is 0.310 e. The molecular formula is C18H27ClN4O3S. The molecule has 7 nitrogen and oxygen atoms in total. The van der Waals surface area contributed by atoms with Crippen LogP contribution in [-0.4, -0.2) is 65.3 Å². The second kappa shape index (κ2) is 10.7. The average molecular weight is 415 g/mol. The molecule has 1 aromatic heterocycles. The van der Waals surface area contributed by atoms with Crippen LogP contribution in [0.15, 0.2) is 11.2 Å². The number of rotatable bonds is 8. The Morgan fingerprint density at radius 2 is 2.07 bits per heavy atom. The van der Waals surface area contributed by atoms with Gasteiger partial charge in [-0.15, -0.1) is 0 Å². The highest BCUT2D eigenvalue weighted by Crippen LogP contribution is 2.23. The highest BCUT2D eigenvalue weighted by Gasteiger charge is 2.29. The van der Waals surface area contributed by atoms with Gasteiger partial charge in [0, 0.05) is 32.2 Å². The number of hydrogen-bond acceptors (Lipinski definition) is 7. The molecule has 9 heteroatoms. The molecule has 0 aromatic carbocycles. The summed E-state index contributed by atoms with van der Waals surface area (Å²) >= 11 is 7.39. The van der Waals surface area contributed by atoms with Crippen LogP contribution in [0.4, 0.5) is 5.82 Å². The fraction of sp³-hybridized carbons (Fsp3) is 0.667. The molecule has 0 aliphatic carbocycles. The normalized spacial score (nSPS) is 16.9. The summed E-state index contributed by atoms with van der Waals surface area (Å²) in [6.45, 7) is 8.96. The van der Waals surface area contributed by atoms with Crippen molar-refractivity contribution in [1.29, 1.82) is 0 Å². The van der Waals surface area contributed by atoms with Gasteiger partial charge in [-0.2, -0.15) is 0 Å². The molecule has 150 valence electrons. The zero-order chi connectivity index (χ0) is 19.8. The average Bonchev–Trinajstić information content (AvgIpc) is 2.67. The molecule has 1 fully saturated rings. The van der Waals surface area contributed by atoms with Crippen molar-refractivity contribution in [3.63, 3.8) is 0 Å². The van der Waals surface area contributed by atoms with Crippen molar-refractivity contribution in [3.05, 3.63) is 11.2 Å². The van der Waals surface area contributed by atoms with Gasteiger partial charge in [0.25, 0.3) is 0 Å². The zero-order valence-electron chi connectivity index (χ0n) is 16.1. The molecule has 0 saturated carbocycles. The van der Waals surface area contributed by atoms with E-state index in [4.69, 9.17) is 16.3 Å². The van der Waals surface area contributed by atoms with Crippen molar-refractivity contribution in [2.75, 3.05) is 43.4 Å². The predicted octanol–water partition coefficient (Wildman–Crippen LogP) is 2.87. The van der Waals surface area contributed by atoms with Gasteiger partial charge in [-0.25, -0.2) is 9.97 Å². The van der Waals surface area contributed by atoms with Gasteiger partial charge in [0.2, 0.25) is 5.91 Å². The summed E-state index contributed by atoms with van der Waals surface area (Å²) in [6.07, 6.45) is 1.57. The number of aromatic nitrogens is 2. The molecule has 1 atom stereocenters. The Bertz CT molecular complexity index is 657. The van der Waals surface area contributed by atoms with E-state index in [-0.39, 0.29) is 23.5 Å². The van der Waals surface area contributed by atoms with E-state index in [1.54, 1.807) is 17.9 Å². The van der Waals surface area contributed by atoms with Crippen LogP contribution in [0.1, 0.15) is 33.6 Å². The van der Waals surface area contributed by atoms with E-state index in [9.17, 15) is 9.59 Å². The van der Waals surface area contributed by atoms with E-state index in [0.29, 0.717) is 30.0 Å². The SMILES string of the molecule is CCOC(=O)C1CCCN(C(=O)CSc2nc(Cl)cc(N(CC)CC)n2)C1. The molecular weight excluding hydrogens is 388 g/mol. The van der Waals surface area contributed by atoms with E-state index < -0.39 is 0 Å². The van der Waals surface area contributed by atoms with Crippen LogP contribution in [0, 0.1) is 5.92 Å². The third-order valence-corrected chi connectivity index (χ3v) is 5.49. The maximum absolute atomic E-state index is 12.6. The fourth-order valence-corrected chi connectivity index (χ4v) is 4.02. The number of carbonyl (C=O) groups excluding carboxylic acids is 2. The number of esters is 1. The number of carbonyl (C=O) groups is 2. The summed E-state index contributed by atoms with van der Waals surface area (Å²) < 4.78 is 5.09. The number of halogens is 1. The number of amides is 1. The molecule has 0 radical (unpaired) electrons. The van der Waals surface area contributed by atoms with Crippen LogP contribution in [0.2, 0.25) is 5.15 Å². The van der Waals surface area contributed by atoms with E-state index in [0.717, 1.165) is 31.7 Å². The summed E-state index contributed by atoms with van der Waals surface area (Å²) in [5, 5.41) is 0.846. The summed E-state index contributed by atoms with van der Waals surface area (Å²) in [7, 11) is 0. The van der Waals surface area contributed by atoms with E-state index in [1.165, 1.54) is 11.8 Å². The van der Waals surface area contributed by atoms with Crippen molar-refractivity contribution in [3.8, 4) is 0 Å². The molecule has 0 spiro atoms. The van der Waals surface area contributed by atoms with E-state index in [1.807, 2.05) is 13.8 Å². The number of piperidine rings is 1. The number of ether oxygens (including phenoxy) is 1. The monoisotopic (exact) mass is 414 g/mol. The lowest BCUT2D eigenvalue weighted by molar-refractivity contribution is -0.151. The number of nitrogens with zero attached hydrogens (tertiary/aromatic N) is 4. The summed E-state index contributed by atoms with van der Waals surface area (Å²) in [5.74, 6) is 0.499. The third kappa shape index (κ3) is 6.24. The third-order valence-electron chi connectivity index (χ3n) is 4.47. The van der Waals surface area contributed by atoms with E-state index in [2.05, 4.69) is 14.9 Å². The van der Waals surface area contributed by atoms with Crippen LogP contribution >= 0.6 is 23.4 Å². The minimum Gasteiger partial charge on any atom is -0.466 e. The van der Waals surface area contributed by atoms with Gasteiger partial charge in [0.1, 0.15) is 11.0 Å². The quantitative estimate of drug-likeness (QED) is 0.280. The Balaban J connectivity index is 1.96. The van der Waals surface area contributed by atoms with Gasteiger partial charge in [0.05, 0.1) is 18.3 Å². The minimum absolute atomic E-state index is 0.0260. The Kier molecular flexibility index (Phi) is 8.63. The van der Waals surface area contributed by atoms with Crippen LogP contribution in [0.25, 0.3) is 0 Å². The molecule has 2 heterocycles. The second-order valence-corrected chi connectivity index (χ2v) is 7.55. The number of thioether (sulfide) groups is 1. The summed E-state index contributed by atoms with van der Waals surface area (Å²) in [4.78, 5) is 37.0. The Hall–Kier alpha value is -1.54. The molecule has 1 aliphatic rings. The van der Waals surface area contributed by atoms with Gasteiger partial charge >= 0.3 is 5.97 Å². The highest BCUT2D eigenvalue weighted by atomic mass is 35.5. The highest BCUT2D eigenvalue weighted by molar-refractivity contribution is 7.99. The molecule has 1 saturated heterocycles. The smallest absolute Gasteiger partial charge is 0.310 e. The van der Waals surface area contributed by atoms with Crippen LogP contribution in [0.3, 0.4) is 0 Å². The van der Waals surface area contributed by atoms with Crippen molar-refractivity contribution in [2.24, 2.45) is 5.92 Å². The fourth-order valence-electron chi connectivity index (χ4n) is 3.03. The predicted molar refractivity (Wildman–Crippen MR) is 107 cm³/mol.